The first-order valence-corrected chi connectivity index (χ1v) is 29.7. The van der Waals surface area contributed by atoms with Crippen LogP contribution in [0, 0.1) is 27.2 Å². The summed E-state index contributed by atoms with van der Waals surface area (Å²) in [6.07, 6.45) is 10.6. The van der Waals surface area contributed by atoms with Crippen LogP contribution in [0.15, 0.2) is 122 Å². The fourth-order valence-corrected chi connectivity index (χ4v) is 9.45. The molecule has 2 amide bonds. The predicted molar refractivity (Wildman–Crippen MR) is 355 cm³/mol. The molecule has 1 unspecified atom stereocenters. The average molecular weight is 1350 g/mol. The van der Waals surface area contributed by atoms with Crippen LogP contribution in [0.2, 0.25) is 0 Å². The third kappa shape index (κ3) is 30.5. The zero-order chi connectivity index (χ0) is 69.3. The van der Waals surface area contributed by atoms with Gasteiger partial charge >= 0.3 is 48.9 Å². The van der Waals surface area contributed by atoms with Crippen LogP contribution >= 0.6 is 12.4 Å². The number of likely N-dealkylation sites (tertiary alicyclic amines) is 1. The third-order valence-electron chi connectivity index (χ3n) is 14.0. The Morgan fingerprint density at radius 2 is 1.11 bits per heavy atom. The molecule has 1 atom stereocenters. The van der Waals surface area contributed by atoms with Crippen LogP contribution < -0.4 is 44.3 Å². The second-order valence-electron chi connectivity index (χ2n) is 21.4. The molecule has 6 aromatic rings. The molecule has 0 radical (unpaired) electrons. The first kappa shape index (κ1) is 84.3. The fourth-order valence-electron chi connectivity index (χ4n) is 9.45. The summed E-state index contributed by atoms with van der Waals surface area (Å²) in [5.74, 6) is -1.41. The number of methoxy groups -OCH3 is 2. The molecule has 2 aliphatic rings. The van der Waals surface area contributed by atoms with Crippen molar-refractivity contribution in [2.75, 3.05) is 61.0 Å². The van der Waals surface area contributed by atoms with Gasteiger partial charge in [-0.3, -0.25) is 63.1 Å². The fraction of sp³-hybridized carbons (Fsp3) is 0.406. The number of hydrogen-bond donors (Lipinski definition) is 2. The molecule has 4 heterocycles. The Bertz CT molecular complexity index is 3350. The van der Waals surface area contributed by atoms with Crippen molar-refractivity contribution in [1.82, 2.24) is 44.0 Å². The van der Waals surface area contributed by atoms with Gasteiger partial charge in [-0.15, -0.1) is 12.4 Å². The number of halogens is 1. The Hall–Kier alpha value is -8.71. The predicted octanol–water partition coefficient (Wildman–Crippen LogP) is 6.77. The third-order valence-corrected chi connectivity index (χ3v) is 14.0. The van der Waals surface area contributed by atoms with Crippen molar-refractivity contribution in [3.8, 4) is 34.0 Å². The first-order valence-electron chi connectivity index (χ1n) is 29.7. The standard InChI is InChI=1S/C24H27N5O4.C16H19N5O3.C8H18N.C8H8O2.C6H9BO6.C2H4O2.ClH.Na/c1-26(20-9-11-27(12-10-20)15-18-5-3-8-22(13-18)33-2)24(30)28-16-23(25-17-28)19-6-4-7-21(14-19)29(31)32;1-19(13-5-7-17-8-6-13)16(22)20-10-15(18-11-20)12-3-2-4-14(9-12)21(23)24;1-6-9(7(2)3)8(4)5;1-10-8-4-2-3-7(5-8)6-9;1-4(8)11-7(12-5(2)9)13-6(3)10;1-2(3)4;;/h3-8,13-14,16-17,20H,9-12,15H2,1-2H3;2-4,9-11,13,17H,5-8H2,1H3;7-8H,2,6H2,1,3-5H3;2-6H,1H3;1-3H3;1H3,(H,3,4);1H;/q;;+1;;;;;+1. The van der Waals surface area contributed by atoms with Gasteiger partial charge in [0, 0.05) is 133 Å². The molecule has 95 heavy (non-hydrogen) atoms. The van der Waals surface area contributed by atoms with Crippen LogP contribution in [0.5, 0.6) is 11.5 Å². The number of nitrogens with zero attached hydrogens (tertiary/aromatic N) is 10. The summed E-state index contributed by atoms with van der Waals surface area (Å²) in [6.45, 7) is 22.6. The molecule has 0 bridgehead atoms. The van der Waals surface area contributed by atoms with Gasteiger partial charge in [-0.1, -0.05) is 55.5 Å². The number of hydrogen-bond acceptors (Lipinski definition) is 21. The number of imidazole rings is 2. The topological polar surface area (TPSA) is 333 Å². The second kappa shape index (κ2) is 44.1. The minimum Gasteiger partial charge on any atom is -0.497 e. The minimum atomic E-state index is -1.59. The number of carbonyl (C=O) groups is 7. The Morgan fingerprint density at radius 3 is 1.47 bits per heavy atom. The Balaban J connectivity index is 0.000000635. The van der Waals surface area contributed by atoms with Crippen LogP contribution in [0.4, 0.5) is 21.0 Å². The molecule has 2 N–H and O–H groups in total. The number of benzene rings is 4. The number of carboxylic acid groups (broad SMARTS) is 1. The number of rotatable bonds is 17. The number of aldehydes is 1. The average Bonchev–Trinajstić information content (AvgIpc) is 2.19. The molecule has 0 saturated carbocycles. The molecule has 4 aromatic carbocycles. The maximum Gasteiger partial charge on any atom is 1.00 e. The van der Waals surface area contributed by atoms with E-state index in [2.05, 4.69) is 85.8 Å². The van der Waals surface area contributed by atoms with E-state index in [1.807, 2.05) is 19.2 Å². The summed E-state index contributed by atoms with van der Waals surface area (Å²) >= 11 is 0. The van der Waals surface area contributed by atoms with Gasteiger partial charge in [0.2, 0.25) is 0 Å². The van der Waals surface area contributed by atoms with Crippen molar-refractivity contribution in [3.05, 3.63) is 160 Å². The largest absolute Gasteiger partial charge is 1.00 e. The van der Waals surface area contributed by atoms with Crippen LogP contribution in [-0.2, 0) is 39.7 Å². The van der Waals surface area contributed by atoms with E-state index in [-0.39, 0.29) is 77.5 Å². The maximum atomic E-state index is 13.0. The van der Waals surface area contributed by atoms with Crippen molar-refractivity contribution in [2.45, 2.75) is 112 Å². The first-order chi connectivity index (χ1) is 44.1. The van der Waals surface area contributed by atoms with Gasteiger partial charge < -0.3 is 43.7 Å². The van der Waals surface area contributed by atoms with E-state index in [1.54, 1.807) is 92.0 Å². The molecular formula is C64H86BClN11NaO17+2. The van der Waals surface area contributed by atoms with E-state index in [0.29, 0.717) is 45.9 Å². The van der Waals surface area contributed by atoms with Gasteiger partial charge in [-0.25, -0.2) is 19.6 Å². The molecule has 2 aromatic heterocycles. The van der Waals surface area contributed by atoms with Crippen molar-refractivity contribution in [2.24, 2.45) is 0 Å². The van der Waals surface area contributed by atoms with E-state index in [0.717, 1.165) is 105 Å². The van der Waals surface area contributed by atoms with Crippen molar-refractivity contribution >= 4 is 73.3 Å². The van der Waals surface area contributed by atoms with Crippen LogP contribution in [0.3, 0.4) is 0 Å². The number of aliphatic carboxylic acids is 1. The number of carboxylic acids is 1. The number of amides is 2. The molecular weight excluding hydrogens is 1260 g/mol. The van der Waals surface area contributed by atoms with E-state index in [4.69, 9.17) is 19.4 Å². The van der Waals surface area contributed by atoms with Crippen LogP contribution in [0.1, 0.15) is 97.0 Å². The summed E-state index contributed by atoms with van der Waals surface area (Å²) in [4.78, 5) is 114. The number of aromatic nitrogens is 4. The zero-order valence-corrected chi connectivity index (χ0v) is 59.0. The molecule has 0 spiro atoms. The molecule has 508 valence electrons. The summed E-state index contributed by atoms with van der Waals surface area (Å²) in [5.41, 5.74) is 4.11. The van der Waals surface area contributed by atoms with Crippen LogP contribution in [-0.4, -0.2) is 188 Å². The van der Waals surface area contributed by atoms with E-state index in [1.165, 1.54) is 51.6 Å². The van der Waals surface area contributed by atoms with E-state index < -0.39 is 41.0 Å². The number of non-ortho nitro benzene ring substituents is 2. The van der Waals surface area contributed by atoms with Gasteiger partial charge in [0.05, 0.1) is 42.4 Å². The Morgan fingerprint density at radius 1 is 0.695 bits per heavy atom. The molecule has 8 rings (SSSR count). The molecule has 2 aliphatic heterocycles. The zero-order valence-electron chi connectivity index (χ0n) is 56.1. The monoisotopic (exact) mass is 1350 g/mol. The van der Waals surface area contributed by atoms with Gasteiger partial charge in [0.1, 0.15) is 36.5 Å². The van der Waals surface area contributed by atoms with Gasteiger partial charge in [-0.05, 0) is 95.9 Å². The van der Waals surface area contributed by atoms with E-state index in [9.17, 15) is 49.0 Å². The molecule has 2 fully saturated rings. The maximum absolute atomic E-state index is 13.0. The summed E-state index contributed by atoms with van der Waals surface area (Å²) in [5, 5.41) is 32.6. The number of nitro benzene ring substituents is 2. The van der Waals surface area contributed by atoms with Gasteiger partial charge in [0.15, 0.2) is 0 Å². The summed E-state index contributed by atoms with van der Waals surface area (Å²) in [7, 11) is 5.27. The smallest absolute Gasteiger partial charge is 0.497 e. The number of ether oxygens (including phenoxy) is 2. The van der Waals surface area contributed by atoms with Crippen molar-refractivity contribution in [1.29, 1.82) is 0 Å². The minimum absolute atomic E-state index is 0. The normalized spacial score (nSPS) is 12.7. The number of nitro groups is 2. The Labute approximate surface area is 582 Å². The number of carbonyl (C=O) groups excluding carboxylic acids is 6. The molecule has 2 saturated heterocycles. The van der Waals surface area contributed by atoms with Crippen molar-refractivity contribution < 1.29 is 102 Å². The molecule has 0 aliphatic carbocycles. The Kier molecular flexibility index (Phi) is 39.1. The summed E-state index contributed by atoms with van der Waals surface area (Å²) in [6, 6.07) is 28.7. The second-order valence-corrected chi connectivity index (χ2v) is 21.4. The van der Waals surface area contributed by atoms with Crippen LogP contribution in [0.25, 0.3) is 22.5 Å². The van der Waals surface area contributed by atoms with Gasteiger partial charge in [0.25, 0.3) is 35.3 Å². The van der Waals surface area contributed by atoms with E-state index >= 15 is 0 Å². The molecule has 31 heteroatoms. The molecule has 28 nitrogen and oxygen atoms in total. The van der Waals surface area contributed by atoms with Gasteiger partial charge in [-0.2, -0.15) is 0 Å². The number of nitrogens with one attached hydrogen (secondary N) is 1. The van der Waals surface area contributed by atoms with Crippen molar-refractivity contribution in [3.63, 3.8) is 0 Å². The summed E-state index contributed by atoms with van der Waals surface area (Å²) < 4.78 is 26.1. The SMILES string of the molecule is CC(=O)O.CC(=O)OB(OC(C)=O)OC(C)=O.CN(C(=O)n1cnc(-c2cccc([N+](=O)[O-])c2)c1)C1CCNCC1.COc1cccc(C=O)c1.COc1cccc(CN2CCC(N(C)C(=O)n3cnc(-c4cccc([N+](=O)[O-])c4)c3)CC2)c1.Cl.[CH2+]C(C)N(CC)C(C)C.[Na+]. The number of piperidine rings is 2. The quantitative estimate of drug-likeness (QED) is 0.0313.